The fourth-order valence-electron chi connectivity index (χ4n) is 9.84. The second kappa shape index (κ2) is 93.9. The normalized spacial score (nSPS) is 12.0. The van der Waals surface area contributed by atoms with E-state index < -0.39 is 150 Å². The Balaban J connectivity index is -0.000000134. The minimum Gasteiger partial charge on any atom is -0.480 e. The molecule has 0 aliphatic rings. The summed E-state index contributed by atoms with van der Waals surface area (Å²) in [6.45, 7) is 0.461. The molecule has 44 nitrogen and oxygen atoms in total. The zero-order valence-electron chi connectivity index (χ0n) is 73.5. The van der Waals surface area contributed by atoms with Crippen molar-refractivity contribution in [3.63, 3.8) is 0 Å². The van der Waals surface area contributed by atoms with Crippen LogP contribution in [0.15, 0.2) is 182 Å². The third kappa shape index (κ3) is 75.3. The number of nitrogens with two attached hydrogens (primary N) is 8. The van der Waals surface area contributed by atoms with Gasteiger partial charge in [0.1, 0.15) is 48.3 Å². The molecule has 0 radical (unpaired) electrons. The molecule has 0 saturated heterocycles. The number of carbonyl (C=O) groups is 14. The van der Waals surface area contributed by atoms with Gasteiger partial charge in [0, 0.05) is 25.3 Å². The molecule has 6 aromatic carbocycles. The molecule has 0 aliphatic heterocycles. The van der Waals surface area contributed by atoms with E-state index in [1.165, 1.54) is 56.9 Å². The minimum atomic E-state index is -1.17. The lowest BCUT2D eigenvalue weighted by Crippen LogP contribution is -2.50. The Hall–Kier alpha value is -12.7. The van der Waals surface area contributed by atoms with Crippen LogP contribution in [0, 0.1) is 0 Å². The lowest BCUT2D eigenvalue weighted by atomic mass is 10.1. The van der Waals surface area contributed by atoms with E-state index in [9.17, 15) is 72.2 Å². The van der Waals surface area contributed by atoms with Crippen molar-refractivity contribution in [1.82, 2.24) is 21.3 Å². The van der Waals surface area contributed by atoms with Gasteiger partial charge in [-0.25, -0.2) is 33.9 Å². The van der Waals surface area contributed by atoms with Crippen LogP contribution in [0.4, 0.5) is 0 Å². The number of hydrogen-bond donors (Lipinski definition) is 18. The molecule has 0 bridgehead atoms. The van der Waals surface area contributed by atoms with Gasteiger partial charge in [0.15, 0.2) is 0 Å². The van der Waals surface area contributed by atoms with E-state index in [-0.39, 0.29) is 158 Å². The minimum absolute atomic E-state index is 0. The summed E-state index contributed by atoms with van der Waals surface area (Å²) in [4.78, 5) is 172. The summed E-state index contributed by atoms with van der Waals surface area (Å²) in [5, 5.41) is 62.6. The van der Waals surface area contributed by atoms with Crippen LogP contribution in [0.1, 0.15) is 140 Å². The number of nitrogens with one attached hydrogen (secondary N) is 4. The first kappa shape index (κ1) is 153. The number of carboxylic acids is 4. The highest BCUT2D eigenvalue weighted by Crippen LogP contribution is 2.11. The highest BCUT2D eigenvalue weighted by atomic mass is 17.2. The number of esters is 7. The SMILES string of the molecule is C.C.C.C.C.C.C.C.C.C.COC(=O)C(Cc1ccccc1)NC(=O)C(N)CCOO.COC(=O)C(N)COCNC(COO)Cc1ccccc1.COC(=O)CC(N)C(=O)NC(Cc1ccccc1)C(=O)O.COC(=O)CC(N)C(=O)OC.COC(=O)CC(N)C(=O)OC.COOCCC(N)C(=O)NC(Cc1ccccc1)C(=O)O.NC(Cc1ccccc1)C(=O)O.NC(Cc1ccccc1)C(=O)O. The van der Waals surface area contributed by atoms with Crippen LogP contribution >= 0.6 is 0 Å². The van der Waals surface area contributed by atoms with Gasteiger partial charge in [-0.2, -0.15) is 0 Å². The van der Waals surface area contributed by atoms with Crippen molar-refractivity contribution < 1.29 is 156 Å². The number of benzene rings is 6. The number of amides is 3. The van der Waals surface area contributed by atoms with Crippen molar-refractivity contribution in [1.29, 1.82) is 0 Å². The summed E-state index contributed by atoms with van der Waals surface area (Å²) in [7, 11) is 9.94. The zero-order chi connectivity index (χ0) is 98.3. The molecule has 0 aliphatic carbocycles. The third-order valence-electron chi connectivity index (χ3n) is 17.0. The molecule has 6 aromatic rings. The molecule has 0 saturated carbocycles. The summed E-state index contributed by atoms with van der Waals surface area (Å²) in [5.74, 6) is -9.90. The molecule has 44 heteroatoms. The monoisotopic (exact) mass is 2000 g/mol. The van der Waals surface area contributed by atoms with Crippen molar-refractivity contribution in [3.05, 3.63) is 215 Å². The van der Waals surface area contributed by atoms with Crippen LogP contribution in [-0.4, -0.2) is 277 Å². The molecule has 26 N–H and O–H groups in total. The van der Waals surface area contributed by atoms with Gasteiger partial charge in [-0.15, -0.1) is 0 Å². The van der Waals surface area contributed by atoms with E-state index in [2.05, 4.69) is 74.0 Å². The Morgan fingerprint density at radius 3 is 0.821 bits per heavy atom. The topological polar surface area (TPSA) is 727 Å². The average Bonchev–Trinajstić information content (AvgIpc) is 0.891. The summed E-state index contributed by atoms with van der Waals surface area (Å²) < 4.78 is 36.0. The lowest BCUT2D eigenvalue weighted by molar-refractivity contribution is -0.272. The van der Waals surface area contributed by atoms with Crippen molar-refractivity contribution in [3.8, 4) is 0 Å². The predicted octanol–water partition coefficient (Wildman–Crippen LogP) is 5.77. The molecule has 0 spiro atoms. The number of methoxy groups -OCH3 is 7. The summed E-state index contributed by atoms with van der Waals surface area (Å²) >= 11 is 0. The van der Waals surface area contributed by atoms with E-state index >= 15 is 0 Å². The van der Waals surface area contributed by atoms with Gasteiger partial charge < -0.3 is 120 Å². The van der Waals surface area contributed by atoms with Crippen molar-refractivity contribution in [2.45, 2.75) is 217 Å². The molecule has 140 heavy (non-hydrogen) atoms. The molecule has 3 amide bonds. The molecule has 12 atom stereocenters. The van der Waals surface area contributed by atoms with Crippen molar-refractivity contribution in [2.75, 3.05) is 90.0 Å². The molecule has 0 heterocycles. The Morgan fingerprint density at radius 2 is 0.550 bits per heavy atom. The van der Waals surface area contributed by atoms with Crippen LogP contribution in [0.25, 0.3) is 0 Å². The van der Waals surface area contributed by atoms with Crippen LogP contribution in [0.2, 0.25) is 0 Å². The Bertz CT molecular complexity index is 4100. The number of ether oxygens (including phenoxy) is 8. The van der Waals surface area contributed by atoms with Gasteiger partial charge in [-0.05, 0) is 65.5 Å². The van der Waals surface area contributed by atoms with E-state index in [4.69, 9.17) is 76.4 Å². The zero-order valence-corrected chi connectivity index (χ0v) is 73.5. The summed E-state index contributed by atoms with van der Waals surface area (Å²) in [5.41, 5.74) is 49.0. The quantitative estimate of drug-likeness (QED) is 0.00538. The number of carboxylic acid groups (broad SMARTS) is 4. The predicted molar refractivity (Wildman–Crippen MR) is 533 cm³/mol. The van der Waals surface area contributed by atoms with E-state index in [1.807, 2.05) is 146 Å². The number of carbonyl (C=O) groups excluding carboxylic acids is 10. The van der Waals surface area contributed by atoms with Crippen molar-refractivity contribution >= 4 is 83.4 Å². The fourth-order valence-corrected chi connectivity index (χ4v) is 9.84. The molecule has 800 valence electrons. The maximum absolute atomic E-state index is 11.9. The van der Waals surface area contributed by atoms with Crippen LogP contribution in [0.3, 0.4) is 0 Å². The second-order valence-corrected chi connectivity index (χ2v) is 27.1. The summed E-state index contributed by atoms with van der Waals surface area (Å²) in [6, 6.07) is 45.5. The standard InChI is InChI=1S/C14H22N2O5.C14H18N2O5.2C14H20N2O5.2C9H11NO2.2C6H11NO4.10CH4/c1-19-14(17)13(15)9-20-10-16-12(8-21-18)7-11-5-3-2-4-6-11;1-21-12(17)8-10(15)13(18)16-11(14(19)20)7-9-5-3-2-4-6-9;1-20-14(18)12(9-10-5-3-2-4-6-10)16-13(17)11(15)7-8-21-19;1-20-21-8-7-11(15)13(17)16-12(14(18)19)9-10-5-3-2-4-6-10;2*10-8(9(11)12)6-7-4-2-1-3-5-7;2*1-10-5(8)3-4(7)6(9)11-2;;;;;;;;;;/h2-6,12-13,16,18H,7-10,15H2,1H3;2-6,10-11H,7-8,15H2,1H3,(H,16,18)(H,19,20);2-6,11-12,19H,7-9,15H2,1H3,(H,16,17);2-6,11-12H,7-9,15H2,1H3,(H,16,17)(H,18,19);2*1-5,8H,6,10H2,(H,11,12);2*4H,3,7H2,1-2H3;10*1H4. The third-order valence-corrected chi connectivity index (χ3v) is 17.0. The molecular formula is C96H164N12O32. The summed E-state index contributed by atoms with van der Waals surface area (Å²) in [6.07, 6.45) is 1.85. The first-order chi connectivity index (χ1) is 61.8. The first-order valence-electron chi connectivity index (χ1n) is 39.5. The highest BCUT2D eigenvalue weighted by molar-refractivity contribution is 5.90. The van der Waals surface area contributed by atoms with Gasteiger partial charge in [-0.1, -0.05) is 256 Å². The lowest BCUT2D eigenvalue weighted by Gasteiger charge is -2.19. The fraction of sp³-hybridized carbons (Fsp3) is 0.479. The second-order valence-electron chi connectivity index (χ2n) is 27.1. The van der Waals surface area contributed by atoms with E-state index in [1.54, 1.807) is 36.4 Å². The van der Waals surface area contributed by atoms with Gasteiger partial charge in [0.25, 0.3) is 0 Å². The van der Waals surface area contributed by atoms with Crippen LogP contribution in [-0.2, 0) is 163 Å². The molecule has 12 unspecified atom stereocenters. The first-order valence-corrected chi connectivity index (χ1v) is 39.5. The van der Waals surface area contributed by atoms with E-state index in [0.29, 0.717) is 25.7 Å². The highest BCUT2D eigenvalue weighted by Gasteiger charge is 2.29. The van der Waals surface area contributed by atoms with Gasteiger partial charge >= 0.3 is 65.7 Å². The number of rotatable bonds is 46. The maximum Gasteiger partial charge on any atom is 0.328 e. The van der Waals surface area contributed by atoms with Crippen LogP contribution < -0.4 is 67.1 Å². The Morgan fingerprint density at radius 1 is 0.286 bits per heavy atom. The average molecular weight is 2000 g/mol. The number of hydrogen-bond acceptors (Lipinski definition) is 37. The largest absolute Gasteiger partial charge is 0.480 e. The van der Waals surface area contributed by atoms with Gasteiger partial charge in [0.2, 0.25) is 17.7 Å². The number of aliphatic carboxylic acids is 4. The molecule has 0 aromatic heterocycles. The van der Waals surface area contributed by atoms with Gasteiger partial charge in [-0.3, -0.25) is 68.6 Å². The van der Waals surface area contributed by atoms with Crippen molar-refractivity contribution in [2.24, 2.45) is 45.9 Å². The maximum atomic E-state index is 11.9. The Labute approximate surface area is 825 Å². The smallest absolute Gasteiger partial charge is 0.328 e. The molecule has 6 rings (SSSR count). The van der Waals surface area contributed by atoms with Gasteiger partial charge in [0.05, 0.1) is 127 Å². The molecular weight excluding hydrogens is 1830 g/mol. The Kier molecular flexibility index (Phi) is 102. The van der Waals surface area contributed by atoms with E-state index in [0.717, 1.165) is 33.4 Å². The molecule has 0 fully saturated rings. The van der Waals surface area contributed by atoms with Crippen LogP contribution in [0.5, 0.6) is 0 Å².